The van der Waals surface area contributed by atoms with Gasteiger partial charge in [-0.3, -0.25) is 9.59 Å². The molecule has 0 spiro atoms. The summed E-state index contributed by atoms with van der Waals surface area (Å²) in [6.07, 6.45) is 4.26. The Morgan fingerprint density at radius 3 is 2.86 bits per heavy atom. The molecule has 1 unspecified atom stereocenters. The third-order valence-electron chi connectivity index (χ3n) is 4.18. The molecule has 1 aromatic heterocycles. The monoisotopic (exact) mass is 292 g/mol. The van der Waals surface area contributed by atoms with Crippen LogP contribution in [0.3, 0.4) is 0 Å². The minimum atomic E-state index is -0.397. The molecular weight excluding hydrogens is 272 g/mol. The first kappa shape index (κ1) is 14.0. The lowest BCUT2D eigenvalue weighted by molar-refractivity contribution is -0.126. The minimum absolute atomic E-state index is 0.112. The van der Waals surface area contributed by atoms with Crippen molar-refractivity contribution in [2.75, 3.05) is 26.7 Å². The van der Waals surface area contributed by atoms with Crippen molar-refractivity contribution in [2.45, 2.75) is 31.3 Å². The van der Waals surface area contributed by atoms with Gasteiger partial charge in [0, 0.05) is 26.7 Å². The number of hydrogen-bond acceptors (Lipinski definition) is 5. The van der Waals surface area contributed by atoms with Crippen LogP contribution in [-0.4, -0.2) is 64.4 Å². The number of amides is 2. The van der Waals surface area contributed by atoms with E-state index in [-0.39, 0.29) is 17.9 Å². The van der Waals surface area contributed by atoms with E-state index in [0.29, 0.717) is 18.7 Å². The molecule has 8 nitrogen and oxygen atoms in total. The van der Waals surface area contributed by atoms with Crippen molar-refractivity contribution in [2.24, 2.45) is 0 Å². The molecular formula is C13H20N6O2. The molecule has 2 saturated heterocycles. The zero-order valence-corrected chi connectivity index (χ0v) is 12.1. The van der Waals surface area contributed by atoms with Gasteiger partial charge < -0.3 is 15.5 Å². The standard InChI is InChI=1S/C13H20N6O2/c1-14-12(20)11-4-2-3-5-18(11)13(21)10-8-19(17-16-10)9-6-15-7-9/h8-9,11,15H,2-7H2,1H3,(H,14,20). The number of nitrogens with zero attached hydrogens (tertiary/aromatic N) is 4. The van der Waals surface area contributed by atoms with Gasteiger partial charge in [0.15, 0.2) is 5.69 Å². The average molecular weight is 292 g/mol. The Balaban J connectivity index is 1.75. The van der Waals surface area contributed by atoms with Crippen LogP contribution in [-0.2, 0) is 4.79 Å². The maximum absolute atomic E-state index is 12.6. The maximum Gasteiger partial charge on any atom is 0.276 e. The number of rotatable bonds is 3. The average Bonchev–Trinajstić information content (AvgIpc) is 2.93. The van der Waals surface area contributed by atoms with Gasteiger partial charge in [-0.2, -0.15) is 0 Å². The summed E-state index contributed by atoms with van der Waals surface area (Å²) in [6.45, 7) is 2.29. The molecule has 21 heavy (non-hydrogen) atoms. The van der Waals surface area contributed by atoms with E-state index in [0.717, 1.165) is 25.9 Å². The van der Waals surface area contributed by atoms with Crippen LogP contribution in [0.2, 0.25) is 0 Å². The zero-order chi connectivity index (χ0) is 14.8. The molecule has 0 aromatic carbocycles. The molecule has 1 aromatic rings. The highest BCUT2D eigenvalue weighted by molar-refractivity contribution is 5.96. The SMILES string of the molecule is CNC(=O)C1CCCCN1C(=O)c1cn(C2CNC2)nn1. The first-order valence-corrected chi connectivity index (χ1v) is 7.36. The summed E-state index contributed by atoms with van der Waals surface area (Å²) in [5.74, 6) is -0.319. The van der Waals surface area contributed by atoms with Gasteiger partial charge in [0.05, 0.1) is 12.2 Å². The number of hydrogen-bond donors (Lipinski definition) is 2. The first-order chi connectivity index (χ1) is 10.2. The van der Waals surface area contributed by atoms with Crippen molar-refractivity contribution in [3.8, 4) is 0 Å². The number of carbonyl (C=O) groups is 2. The normalized spacial score (nSPS) is 22.7. The Hall–Kier alpha value is -1.96. The van der Waals surface area contributed by atoms with Crippen LogP contribution in [0.25, 0.3) is 0 Å². The van der Waals surface area contributed by atoms with Crippen LogP contribution in [0, 0.1) is 0 Å². The van der Waals surface area contributed by atoms with Crippen molar-refractivity contribution >= 4 is 11.8 Å². The molecule has 0 bridgehead atoms. The molecule has 2 aliphatic rings. The van der Waals surface area contributed by atoms with Crippen LogP contribution in [0.5, 0.6) is 0 Å². The van der Waals surface area contributed by atoms with E-state index >= 15 is 0 Å². The van der Waals surface area contributed by atoms with E-state index in [4.69, 9.17) is 0 Å². The summed E-state index contributed by atoms with van der Waals surface area (Å²) in [6, 6.07) is -0.123. The molecule has 0 radical (unpaired) electrons. The van der Waals surface area contributed by atoms with Gasteiger partial charge in [-0.25, -0.2) is 4.68 Å². The summed E-state index contributed by atoms with van der Waals surface area (Å²) in [4.78, 5) is 26.1. The van der Waals surface area contributed by atoms with Crippen LogP contribution in [0.1, 0.15) is 35.8 Å². The van der Waals surface area contributed by atoms with Crippen LogP contribution >= 0.6 is 0 Å². The van der Waals surface area contributed by atoms with Crippen LogP contribution in [0.4, 0.5) is 0 Å². The van der Waals surface area contributed by atoms with E-state index in [1.54, 1.807) is 22.8 Å². The number of nitrogens with one attached hydrogen (secondary N) is 2. The Bertz CT molecular complexity index is 539. The molecule has 0 aliphatic carbocycles. The summed E-state index contributed by atoms with van der Waals surface area (Å²) in [5.41, 5.74) is 0.317. The highest BCUT2D eigenvalue weighted by atomic mass is 16.2. The van der Waals surface area contributed by atoms with Gasteiger partial charge in [-0.1, -0.05) is 5.21 Å². The molecule has 3 heterocycles. The molecule has 2 amide bonds. The fourth-order valence-electron chi connectivity index (χ4n) is 2.77. The summed E-state index contributed by atoms with van der Waals surface area (Å²) in [5, 5.41) is 13.8. The molecule has 0 saturated carbocycles. The lowest BCUT2D eigenvalue weighted by Crippen LogP contribution is -2.51. The van der Waals surface area contributed by atoms with Gasteiger partial charge in [0.1, 0.15) is 6.04 Å². The largest absolute Gasteiger partial charge is 0.357 e. The summed E-state index contributed by atoms with van der Waals surface area (Å²) in [7, 11) is 1.60. The van der Waals surface area contributed by atoms with Crippen LogP contribution in [0.15, 0.2) is 6.20 Å². The second-order valence-corrected chi connectivity index (χ2v) is 5.52. The number of carbonyl (C=O) groups excluding carboxylic acids is 2. The molecule has 8 heteroatoms. The fraction of sp³-hybridized carbons (Fsp3) is 0.692. The molecule has 114 valence electrons. The number of piperidine rings is 1. The number of likely N-dealkylation sites (N-methyl/N-ethyl adjacent to an activating group) is 1. The third kappa shape index (κ3) is 2.63. The van der Waals surface area contributed by atoms with Gasteiger partial charge in [-0.05, 0) is 19.3 Å². The van der Waals surface area contributed by atoms with E-state index in [9.17, 15) is 9.59 Å². The zero-order valence-electron chi connectivity index (χ0n) is 12.1. The van der Waals surface area contributed by atoms with Crippen molar-refractivity contribution in [3.05, 3.63) is 11.9 Å². The molecule has 1 atom stereocenters. The maximum atomic E-state index is 12.6. The van der Waals surface area contributed by atoms with Crippen molar-refractivity contribution < 1.29 is 9.59 Å². The van der Waals surface area contributed by atoms with Gasteiger partial charge in [0.2, 0.25) is 5.91 Å². The summed E-state index contributed by atoms with van der Waals surface area (Å²) >= 11 is 0. The van der Waals surface area contributed by atoms with E-state index in [1.807, 2.05) is 0 Å². The predicted molar refractivity (Wildman–Crippen MR) is 74.7 cm³/mol. The highest BCUT2D eigenvalue weighted by Crippen LogP contribution is 2.20. The Morgan fingerprint density at radius 1 is 1.38 bits per heavy atom. The fourth-order valence-corrected chi connectivity index (χ4v) is 2.77. The second kappa shape index (κ2) is 5.80. The van der Waals surface area contributed by atoms with Gasteiger partial charge in [0.25, 0.3) is 5.91 Å². The Morgan fingerprint density at radius 2 is 2.19 bits per heavy atom. The lowest BCUT2D eigenvalue weighted by atomic mass is 10.0. The minimum Gasteiger partial charge on any atom is -0.357 e. The predicted octanol–water partition coefficient (Wildman–Crippen LogP) is -0.837. The first-order valence-electron chi connectivity index (χ1n) is 7.36. The van der Waals surface area contributed by atoms with E-state index < -0.39 is 6.04 Å². The Labute approximate surface area is 122 Å². The van der Waals surface area contributed by atoms with E-state index in [2.05, 4.69) is 20.9 Å². The molecule has 2 fully saturated rings. The van der Waals surface area contributed by atoms with Crippen molar-refractivity contribution in [1.82, 2.24) is 30.5 Å². The van der Waals surface area contributed by atoms with Gasteiger partial charge in [-0.15, -0.1) is 5.10 Å². The highest BCUT2D eigenvalue weighted by Gasteiger charge is 2.33. The quantitative estimate of drug-likeness (QED) is 0.758. The lowest BCUT2D eigenvalue weighted by Gasteiger charge is -2.33. The smallest absolute Gasteiger partial charge is 0.276 e. The van der Waals surface area contributed by atoms with Crippen molar-refractivity contribution in [3.63, 3.8) is 0 Å². The second-order valence-electron chi connectivity index (χ2n) is 5.52. The van der Waals surface area contributed by atoms with Crippen molar-refractivity contribution in [1.29, 1.82) is 0 Å². The van der Waals surface area contributed by atoms with E-state index in [1.165, 1.54) is 0 Å². The van der Waals surface area contributed by atoms with Gasteiger partial charge >= 0.3 is 0 Å². The summed E-state index contributed by atoms with van der Waals surface area (Å²) < 4.78 is 1.72. The number of likely N-dealkylation sites (tertiary alicyclic amines) is 1. The topological polar surface area (TPSA) is 92.2 Å². The molecule has 2 aliphatic heterocycles. The van der Waals surface area contributed by atoms with Crippen LogP contribution < -0.4 is 10.6 Å². The third-order valence-corrected chi connectivity index (χ3v) is 4.18. The Kier molecular flexibility index (Phi) is 3.87. The number of aromatic nitrogens is 3. The molecule has 3 rings (SSSR count). The molecule has 2 N–H and O–H groups in total.